The van der Waals surface area contributed by atoms with Crippen LogP contribution in [0.4, 0.5) is 0 Å². The summed E-state index contributed by atoms with van der Waals surface area (Å²) in [7, 11) is 1.58. The van der Waals surface area contributed by atoms with Crippen LogP contribution in [0.1, 0.15) is 27.0 Å². The number of aryl methyl sites for hydroxylation is 1. The lowest BCUT2D eigenvalue weighted by Crippen LogP contribution is -2.01. The minimum Gasteiger partial charge on any atom is -0.478 e. The highest BCUT2D eigenvalue weighted by molar-refractivity contribution is 5.87. The van der Waals surface area contributed by atoms with Crippen molar-refractivity contribution in [3.05, 3.63) is 95.1 Å². The molecule has 0 atom stereocenters. The summed E-state index contributed by atoms with van der Waals surface area (Å²) in [6.45, 7) is 2.21. The van der Waals surface area contributed by atoms with Crippen LogP contribution in [-0.2, 0) is 4.74 Å². The van der Waals surface area contributed by atoms with Gasteiger partial charge in [0.15, 0.2) is 6.79 Å². The first-order valence-electron chi connectivity index (χ1n) is 9.41. The molecule has 0 unspecified atom stereocenters. The average Bonchev–Trinajstić information content (AvgIpc) is 2.76. The fourth-order valence-electron chi connectivity index (χ4n) is 2.90. The van der Waals surface area contributed by atoms with Crippen LogP contribution in [-0.4, -0.2) is 25.0 Å². The number of allylic oxidation sites excluding steroid dienone is 1. The third-order valence-corrected chi connectivity index (χ3v) is 4.44. The molecule has 3 rings (SSSR count). The number of hydrogen-bond acceptors (Lipinski definition) is 3. The van der Waals surface area contributed by atoms with Crippen LogP contribution in [0.3, 0.4) is 0 Å². The third kappa shape index (κ3) is 5.38. The Morgan fingerprint density at radius 2 is 1.77 bits per heavy atom. The van der Waals surface area contributed by atoms with Gasteiger partial charge in [0.25, 0.3) is 0 Å². The van der Waals surface area contributed by atoms with E-state index in [1.54, 1.807) is 37.5 Å². The van der Waals surface area contributed by atoms with E-state index in [4.69, 9.17) is 14.6 Å². The van der Waals surface area contributed by atoms with Crippen LogP contribution in [0.5, 0.6) is 5.75 Å². The molecule has 0 saturated heterocycles. The molecule has 0 aliphatic rings. The Morgan fingerprint density at radius 1 is 1.03 bits per heavy atom. The van der Waals surface area contributed by atoms with Crippen molar-refractivity contribution in [1.29, 1.82) is 0 Å². The van der Waals surface area contributed by atoms with Gasteiger partial charge in [-0.3, -0.25) is 0 Å². The zero-order valence-corrected chi connectivity index (χ0v) is 16.9. The maximum atomic E-state index is 10.9. The molecule has 0 aliphatic carbocycles. The molecule has 0 aliphatic heterocycles. The van der Waals surface area contributed by atoms with Crippen LogP contribution < -0.4 is 4.74 Å². The van der Waals surface area contributed by atoms with Gasteiger partial charge in [0.2, 0.25) is 0 Å². The van der Waals surface area contributed by atoms with Gasteiger partial charge in [-0.25, -0.2) is 4.79 Å². The van der Waals surface area contributed by atoms with Crippen LogP contribution in [0.2, 0.25) is 0 Å². The zero-order valence-electron chi connectivity index (χ0n) is 16.9. The van der Waals surface area contributed by atoms with Crippen molar-refractivity contribution in [1.82, 2.24) is 0 Å². The quantitative estimate of drug-likeness (QED) is 0.446. The highest BCUT2D eigenvalue weighted by Crippen LogP contribution is 2.32. The van der Waals surface area contributed by atoms with Gasteiger partial charge in [0.05, 0.1) is 5.56 Å². The van der Waals surface area contributed by atoms with E-state index in [1.165, 1.54) is 5.56 Å². The van der Waals surface area contributed by atoms with E-state index in [1.807, 2.05) is 24.3 Å². The molecule has 0 aromatic heterocycles. The Balaban J connectivity index is 1.91. The number of rotatable bonds is 6. The Bertz CT molecular complexity index is 1100. The van der Waals surface area contributed by atoms with Crippen molar-refractivity contribution >= 4 is 12.0 Å². The van der Waals surface area contributed by atoms with Crippen LogP contribution >= 0.6 is 0 Å². The molecule has 0 amide bonds. The molecular formula is C26H22O4. The van der Waals surface area contributed by atoms with Crippen molar-refractivity contribution in [2.24, 2.45) is 0 Å². The van der Waals surface area contributed by atoms with Crippen LogP contribution in [0, 0.1) is 18.8 Å². The molecule has 3 aromatic carbocycles. The summed E-state index contributed by atoms with van der Waals surface area (Å²) in [6, 6.07) is 20.7. The van der Waals surface area contributed by atoms with Crippen molar-refractivity contribution in [3.8, 4) is 28.7 Å². The molecule has 30 heavy (non-hydrogen) atoms. The predicted octanol–water partition coefficient (Wildman–Crippen LogP) is 5.41. The molecular weight excluding hydrogens is 376 g/mol. The normalized spacial score (nSPS) is 10.5. The molecule has 0 fully saturated rings. The minimum atomic E-state index is -0.953. The highest BCUT2D eigenvalue weighted by Gasteiger charge is 2.09. The van der Waals surface area contributed by atoms with E-state index >= 15 is 0 Å². The second-order valence-corrected chi connectivity index (χ2v) is 6.62. The molecule has 0 saturated carbocycles. The average molecular weight is 398 g/mol. The van der Waals surface area contributed by atoms with Crippen molar-refractivity contribution in [2.45, 2.75) is 6.92 Å². The van der Waals surface area contributed by atoms with Gasteiger partial charge in [-0.15, -0.1) is 0 Å². The van der Waals surface area contributed by atoms with Gasteiger partial charge in [-0.2, -0.15) is 0 Å². The number of benzene rings is 3. The predicted molar refractivity (Wildman–Crippen MR) is 118 cm³/mol. The summed E-state index contributed by atoms with van der Waals surface area (Å²) in [5.74, 6) is 5.77. The standard InChI is InChI=1S/C26H22O4/c1-19-10-14-21(15-11-19)23-8-5-9-25(30-18-29-2)24(23)7-4-3-6-20-12-16-22(17-13-20)26(27)28/h4-5,7-17H,18H2,1-2H3,(H,27,28). The lowest BCUT2D eigenvalue weighted by atomic mass is 9.97. The van der Waals surface area contributed by atoms with E-state index < -0.39 is 5.97 Å². The third-order valence-electron chi connectivity index (χ3n) is 4.44. The molecule has 4 nitrogen and oxygen atoms in total. The van der Waals surface area contributed by atoms with Gasteiger partial charge < -0.3 is 14.6 Å². The molecule has 0 bridgehead atoms. The van der Waals surface area contributed by atoms with Crippen molar-refractivity contribution in [2.75, 3.05) is 13.9 Å². The number of carboxylic acids is 1. The van der Waals surface area contributed by atoms with Gasteiger partial charge in [0.1, 0.15) is 5.75 Å². The van der Waals surface area contributed by atoms with Gasteiger partial charge in [-0.1, -0.05) is 53.8 Å². The second kappa shape index (κ2) is 10.1. The summed E-state index contributed by atoms with van der Waals surface area (Å²) in [4.78, 5) is 10.9. The SMILES string of the molecule is COCOc1cccc(-c2ccc(C)cc2)c1C=CC#Cc1ccc(C(=O)O)cc1. The van der Waals surface area contributed by atoms with Crippen LogP contribution in [0.15, 0.2) is 72.8 Å². The summed E-state index contributed by atoms with van der Waals surface area (Å²) in [5, 5.41) is 8.97. The molecule has 0 spiro atoms. The zero-order chi connectivity index (χ0) is 21.3. The molecule has 150 valence electrons. The molecule has 0 heterocycles. The molecule has 1 N–H and O–H groups in total. The van der Waals surface area contributed by atoms with E-state index in [0.717, 1.165) is 22.3 Å². The van der Waals surface area contributed by atoms with Gasteiger partial charge >= 0.3 is 5.97 Å². The number of hydrogen-bond donors (Lipinski definition) is 1. The summed E-state index contributed by atoms with van der Waals surface area (Å²) < 4.78 is 10.8. The van der Waals surface area contributed by atoms with Gasteiger partial charge in [-0.05, 0) is 60.5 Å². The summed E-state index contributed by atoms with van der Waals surface area (Å²) >= 11 is 0. The monoisotopic (exact) mass is 398 g/mol. The van der Waals surface area contributed by atoms with E-state index in [9.17, 15) is 4.79 Å². The maximum absolute atomic E-state index is 10.9. The van der Waals surface area contributed by atoms with Crippen LogP contribution in [0.25, 0.3) is 17.2 Å². The number of carboxylic acid groups (broad SMARTS) is 1. The number of aromatic carboxylic acids is 1. The van der Waals surface area contributed by atoms with Gasteiger partial charge in [0, 0.05) is 18.2 Å². The van der Waals surface area contributed by atoms with Crippen molar-refractivity contribution in [3.63, 3.8) is 0 Å². The summed E-state index contributed by atoms with van der Waals surface area (Å²) in [5.41, 5.74) is 5.21. The first-order valence-corrected chi connectivity index (χ1v) is 9.41. The number of methoxy groups -OCH3 is 1. The van der Waals surface area contributed by atoms with E-state index in [2.05, 4.69) is 43.0 Å². The van der Waals surface area contributed by atoms with E-state index in [-0.39, 0.29) is 12.4 Å². The maximum Gasteiger partial charge on any atom is 0.335 e. The molecule has 3 aromatic rings. The smallest absolute Gasteiger partial charge is 0.335 e. The van der Waals surface area contributed by atoms with Crippen molar-refractivity contribution < 1.29 is 19.4 Å². The lowest BCUT2D eigenvalue weighted by molar-refractivity contribution is 0.0510. The fraction of sp³-hybridized carbons (Fsp3) is 0.115. The summed E-state index contributed by atoms with van der Waals surface area (Å²) in [6.07, 6.45) is 3.68. The Morgan fingerprint density at radius 3 is 2.43 bits per heavy atom. The Labute approximate surface area is 176 Å². The van der Waals surface area contributed by atoms with E-state index in [0.29, 0.717) is 5.75 Å². The number of ether oxygens (including phenoxy) is 2. The largest absolute Gasteiger partial charge is 0.478 e. The highest BCUT2D eigenvalue weighted by atomic mass is 16.7. The lowest BCUT2D eigenvalue weighted by Gasteiger charge is -2.13. The Kier molecular flexibility index (Phi) is 7.05. The minimum absolute atomic E-state index is 0.153. The Hall–Kier alpha value is -3.81. The molecule has 0 radical (unpaired) electrons. The first-order chi connectivity index (χ1) is 14.6. The fourth-order valence-corrected chi connectivity index (χ4v) is 2.90. The molecule has 4 heteroatoms. The first kappa shape index (κ1) is 20.9. The second-order valence-electron chi connectivity index (χ2n) is 6.62. The topological polar surface area (TPSA) is 55.8 Å². The number of carbonyl (C=O) groups is 1.